The smallest absolute Gasteiger partial charge is 0.247 e. The van der Waals surface area contributed by atoms with Gasteiger partial charge in [0.1, 0.15) is 10.6 Å². The number of sulfonamides is 1. The van der Waals surface area contributed by atoms with Crippen LogP contribution in [-0.2, 0) is 22.9 Å². The first-order valence-electron chi connectivity index (χ1n) is 8.27. The van der Waals surface area contributed by atoms with Gasteiger partial charge in [0.25, 0.3) is 0 Å². The molecule has 0 bridgehead atoms. The van der Waals surface area contributed by atoms with Gasteiger partial charge < -0.3 is 4.74 Å². The Morgan fingerprint density at radius 1 is 1.29 bits per heavy atom. The molecular formula is C18H23NO3S2. The van der Waals surface area contributed by atoms with Crippen molar-refractivity contribution in [3.8, 4) is 5.75 Å². The van der Waals surface area contributed by atoms with Crippen LogP contribution in [0.4, 0.5) is 0 Å². The lowest BCUT2D eigenvalue weighted by molar-refractivity contribution is 0.386. The minimum Gasteiger partial charge on any atom is -0.495 e. The van der Waals surface area contributed by atoms with E-state index in [0.717, 1.165) is 31.2 Å². The van der Waals surface area contributed by atoms with E-state index in [9.17, 15) is 8.42 Å². The Balaban J connectivity index is 1.91. The zero-order chi connectivity index (χ0) is 17.2. The van der Waals surface area contributed by atoms with Crippen LogP contribution >= 0.6 is 11.3 Å². The molecule has 2 aromatic rings. The van der Waals surface area contributed by atoms with Gasteiger partial charge in [-0.2, -0.15) is 4.31 Å². The zero-order valence-electron chi connectivity index (χ0n) is 14.1. The molecule has 0 spiro atoms. The molecule has 6 heteroatoms. The van der Waals surface area contributed by atoms with E-state index in [1.165, 1.54) is 12.0 Å². The van der Waals surface area contributed by atoms with Crippen molar-refractivity contribution in [1.82, 2.24) is 4.31 Å². The average Bonchev–Trinajstić information content (AvgIpc) is 3.28. The summed E-state index contributed by atoms with van der Waals surface area (Å²) >= 11 is 1.67. The van der Waals surface area contributed by atoms with Gasteiger partial charge >= 0.3 is 0 Å². The highest BCUT2D eigenvalue weighted by Crippen LogP contribution is 2.35. The lowest BCUT2D eigenvalue weighted by Crippen LogP contribution is -2.35. The summed E-state index contributed by atoms with van der Waals surface area (Å²) < 4.78 is 33.5. The van der Waals surface area contributed by atoms with E-state index in [0.29, 0.717) is 17.2 Å². The topological polar surface area (TPSA) is 46.6 Å². The van der Waals surface area contributed by atoms with Crippen LogP contribution < -0.4 is 4.74 Å². The van der Waals surface area contributed by atoms with E-state index < -0.39 is 10.0 Å². The van der Waals surface area contributed by atoms with Crippen molar-refractivity contribution in [3.63, 3.8) is 0 Å². The minimum absolute atomic E-state index is 0.130. The largest absolute Gasteiger partial charge is 0.495 e. The SMILES string of the molecule is CCc1ccc(OC)c(S(=O)(=O)N(CCc2cccs2)C2CC2)c1. The second-order valence-electron chi connectivity index (χ2n) is 6.02. The van der Waals surface area contributed by atoms with Crippen molar-refractivity contribution < 1.29 is 13.2 Å². The number of methoxy groups -OCH3 is 1. The van der Waals surface area contributed by atoms with E-state index >= 15 is 0 Å². The highest BCUT2D eigenvalue weighted by atomic mass is 32.2. The number of hydrogen-bond donors (Lipinski definition) is 0. The molecule has 0 aliphatic heterocycles. The van der Waals surface area contributed by atoms with Crippen LogP contribution in [-0.4, -0.2) is 32.4 Å². The number of nitrogens with zero attached hydrogens (tertiary/aromatic N) is 1. The molecular weight excluding hydrogens is 342 g/mol. The highest BCUT2D eigenvalue weighted by molar-refractivity contribution is 7.89. The van der Waals surface area contributed by atoms with Crippen molar-refractivity contribution >= 4 is 21.4 Å². The van der Waals surface area contributed by atoms with Crippen LogP contribution in [0.25, 0.3) is 0 Å². The predicted octanol–water partition coefficient (Wildman–Crippen LogP) is 3.71. The van der Waals surface area contributed by atoms with E-state index in [2.05, 4.69) is 6.07 Å². The number of aryl methyl sites for hydroxylation is 1. The van der Waals surface area contributed by atoms with Gasteiger partial charge in [-0.15, -0.1) is 11.3 Å². The van der Waals surface area contributed by atoms with E-state index in [-0.39, 0.29) is 6.04 Å². The molecule has 3 rings (SSSR count). The summed E-state index contributed by atoms with van der Waals surface area (Å²) in [6, 6.07) is 9.63. The second kappa shape index (κ2) is 7.25. The summed E-state index contributed by atoms with van der Waals surface area (Å²) in [6.45, 7) is 2.54. The van der Waals surface area contributed by atoms with Gasteiger partial charge in [0.05, 0.1) is 7.11 Å². The summed E-state index contributed by atoms with van der Waals surface area (Å²) in [5.74, 6) is 0.425. The number of benzene rings is 1. The van der Waals surface area contributed by atoms with Crippen molar-refractivity contribution in [2.75, 3.05) is 13.7 Å². The van der Waals surface area contributed by atoms with Crippen molar-refractivity contribution in [3.05, 3.63) is 46.2 Å². The van der Waals surface area contributed by atoms with Gasteiger partial charge in [0.15, 0.2) is 0 Å². The van der Waals surface area contributed by atoms with Crippen molar-refractivity contribution in [2.45, 2.75) is 43.5 Å². The Morgan fingerprint density at radius 2 is 2.08 bits per heavy atom. The first kappa shape index (κ1) is 17.5. The quantitative estimate of drug-likeness (QED) is 0.716. The number of thiophene rings is 1. The molecule has 1 heterocycles. The molecule has 1 fully saturated rings. The second-order valence-corrected chi connectivity index (χ2v) is 8.91. The van der Waals surface area contributed by atoms with Gasteiger partial charge in [-0.05, 0) is 54.8 Å². The molecule has 130 valence electrons. The lowest BCUT2D eigenvalue weighted by Gasteiger charge is -2.23. The third-order valence-corrected chi connectivity index (χ3v) is 7.24. The number of rotatable bonds is 8. The van der Waals surface area contributed by atoms with Gasteiger partial charge in [-0.25, -0.2) is 8.42 Å². The molecule has 0 unspecified atom stereocenters. The summed E-state index contributed by atoms with van der Waals surface area (Å²) in [4.78, 5) is 1.51. The molecule has 1 aromatic heterocycles. The van der Waals surface area contributed by atoms with Gasteiger partial charge in [0, 0.05) is 17.5 Å². The van der Waals surface area contributed by atoms with Gasteiger partial charge in [-0.1, -0.05) is 19.1 Å². The van der Waals surface area contributed by atoms with Crippen molar-refractivity contribution in [2.24, 2.45) is 0 Å². The molecule has 24 heavy (non-hydrogen) atoms. The normalized spacial score (nSPS) is 15.0. The summed E-state index contributed by atoms with van der Waals surface area (Å²) in [6.07, 6.45) is 3.44. The number of hydrogen-bond acceptors (Lipinski definition) is 4. The Labute approximate surface area is 148 Å². The third kappa shape index (κ3) is 3.66. The van der Waals surface area contributed by atoms with Crippen LogP contribution in [0.2, 0.25) is 0 Å². The minimum atomic E-state index is -3.55. The molecule has 0 atom stereocenters. The molecule has 1 aliphatic rings. The fourth-order valence-corrected chi connectivity index (χ4v) is 5.40. The Bertz CT molecular complexity index is 781. The fourth-order valence-electron chi connectivity index (χ4n) is 2.81. The summed E-state index contributed by atoms with van der Waals surface area (Å²) in [5.41, 5.74) is 1.00. The highest BCUT2D eigenvalue weighted by Gasteiger charge is 2.39. The molecule has 0 amide bonds. The molecule has 4 nitrogen and oxygen atoms in total. The Morgan fingerprint density at radius 3 is 2.67 bits per heavy atom. The molecule has 0 radical (unpaired) electrons. The van der Waals surface area contributed by atoms with Crippen LogP contribution in [0, 0.1) is 0 Å². The molecule has 1 aromatic carbocycles. The summed E-state index contributed by atoms with van der Waals surface area (Å²) in [7, 11) is -2.03. The number of ether oxygens (including phenoxy) is 1. The maximum absolute atomic E-state index is 13.3. The first-order chi connectivity index (χ1) is 11.6. The van der Waals surface area contributed by atoms with Crippen molar-refractivity contribution in [1.29, 1.82) is 0 Å². The van der Waals surface area contributed by atoms with Crippen LogP contribution in [0.1, 0.15) is 30.2 Å². The fraction of sp³-hybridized carbons (Fsp3) is 0.444. The first-order valence-corrected chi connectivity index (χ1v) is 10.6. The summed E-state index contributed by atoms with van der Waals surface area (Å²) in [5, 5.41) is 2.03. The van der Waals surface area contributed by atoms with E-state index in [1.807, 2.05) is 24.4 Å². The lowest BCUT2D eigenvalue weighted by atomic mass is 10.2. The Hall–Kier alpha value is -1.37. The molecule has 0 N–H and O–H groups in total. The van der Waals surface area contributed by atoms with Crippen LogP contribution in [0.15, 0.2) is 40.6 Å². The maximum atomic E-state index is 13.3. The predicted molar refractivity (Wildman–Crippen MR) is 97.3 cm³/mol. The van der Waals surface area contributed by atoms with Crippen LogP contribution in [0.3, 0.4) is 0 Å². The molecule has 1 aliphatic carbocycles. The molecule has 0 saturated heterocycles. The molecule has 1 saturated carbocycles. The third-order valence-electron chi connectivity index (χ3n) is 4.34. The maximum Gasteiger partial charge on any atom is 0.247 e. The van der Waals surface area contributed by atoms with Crippen LogP contribution in [0.5, 0.6) is 5.75 Å². The van der Waals surface area contributed by atoms with E-state index in [1.54, 1.807) is 27.8 Å². The Kier molecular flexibility index (Phi) is 5.27. The zero-order valence-corrected chi connectivity index (χ0v) is 15.7. The average molecular weight is 366 g/mol. The van der Waals surface area contributed by atoms with Gasteiger partial charge in [-0.3, -0.25) is 0 Å². The standard InChI is InChI=1S/C18H23NO3S2/c1-3-14-6-9-17(22-2)18(13-14)24(20,21)19(15-7-8-15)11-10-16-5-4-12-23-16/h4-6,9,12-13,15H,3,7-8,10-11H2,1-2H3. The van der Waals surface area contributed by atoms with E-state index in [4.69, 9.17) is 4.74 Å². The van der Waals surface area contributed by atoms with Gasteiger partial charge in [0.2, 0.25) is 10.0 Å². The monoisotopic (exact) mass is 365 g/mol.